The molecular weight excluding hydrogens is 381 g/mol. The summed E-state index contributed by atoms with van der Waals surface area (Å²) in [6.45, 7) is 4.04. The summed E-state index contributed by atoms with van der Waals surface area (Å²) < 4.78 is 17.4. The first-order chi connectivity index (χ1) is 14.7. The number of nitrogens with one attached hydrogen (secondary N) is 2. The lowest BCUT2D eigenvalue weighted by Crippen LogP contribution is -2.29. The highest BCUT2D eigenvalue weighted by Crippen LogP contribution is 2.27. The van der Waals surface area contributed by atoms with Crippen molar-refractivity contribution in [1.82, 2.24) is 29.7 Å². The monoisotopic (exact) mass is 405 g/mol. The van der Waals surface area contributed by atoms with Gasteiger partial charge in [0.25, 0.3) is 0 Å². The lowest BCUT2D eigenvalue weighted by atomic mass is 10.1. The van der Waals surface area contributed by atoms with Crippen molar-refractivity contribution in [3.05, 3.63) is 66.5 Å². The second-order valence-electron chi connectivity index (χ2n) is 7.75. The lowest BCUT2D eigenvalue weighted by molar-refractivity contribution is 0.343. The number of nitrogens with zero attached hydrogens (tertiary/aromatic N) is 5. The van der Waals surface area contributed by atoms with E-state index in [-0.39, 0.29) is 11.9 Å². The number of halogens is 1. The largest absolute Gasteiger partial charge is 0.363 e. The summed E-state index contributed by atoms with van der Waals surface area (Å²) in [6.07, 6.45) is 9.84. The van der Waals surface area contributed by atoms with Gasteiger partial charge in [-0.05, 0) is 56.6 Å². The van der Waals surface area contributed by atoms with E-state index in [9.17, 15) is 4.39 Å². The molecule has 1 fully saturated rings. The minimum atomic E-state index is -0.242. The lowest BCUT2D eigenvalue weighted by Gasteiger charge is -2.22. The topological polar surface area (TPSA) is 72.1 Å². The quantitative estimate of drug-likeness (QED) is 0.528. The van der Waals surface area contributed by atoms with Crippen LogP contribution in [0, 0.1) is 5.82 Å². The molecule has 0 amide bonds. The van der Waals surface area contributed by atoms with Crippen LogP contribution in [-0.4, -0.2) is 37.5 Å². The molecule has 4 aromatic rings. The first kappa shape index (κ1) is 18.7. The molecule has 1 aliphatic rings. The third-order valence-corrected chi connectivity index (χ3v) is 5.68. The molecule has 8 heteroatoms. The Morgan fingerprint density at radius 1 is 1.17 bits per heavy atom. The van der Waals surface area contributed by atoms with E-state index in [4.69, 9.17) is 4.98 Å². The predicted molar refractivity (Wildman–Crippen MR) is 114 cm³/mol. The molecule has 30 heavy (non-hydrogen) atoms. The van der Waals surface area contributed by atoms with Gasteiger partial charge in [0.2, 0.25) is 0 Å². The second-order valence-corrected chi connectivity index (χ2v) is 7.75. The van der Waals surface area contributed by atoms with Crippen LogP contribution in [-0.2, 0) is 0 Å². The second kappa shape index (κ2) is 7.87. The van der Waals surface area contributed by atoms with Crippen molar-refractivity contribution in [3.8, 4) is 11.1 Å². The summed E-state index contributed by atoms with van der Waals surface area (Å²) in [5, 5.41) is 15.8. The molecule has 0 aliphatic carbocycles. The van der Waals surface area contributed by atoms with Crippen molar-refractivity contribution in [3.63, 3.8) is 0 Å². The van der Waals surface area contributed by atoms with Crippen LogP contribution < -0.4 is 10.6 Å². The summed E-state index contributed by atoms with van der Waals surface area (Å²) in [6, 6.07) is 8.83. The Bertz CT molecular complexity index is 1160. The minimum absolute atomic E-state index is 0.0790. The molecule has 0 radical (unpaired) electrons. The minimum Gasteiger partial charge on any atom is -0.363 e. The van der Waals surface area contributed by atoms with Crippen molar-refractivity contribution < 1.29 is 4.39 Å². The van der Waals surface area contributed by atoms with Crippen LogP contribution in [0.5, 0.6) is 0 Å². The van der Waals surface area contributed by atoms with E-state index in [1.54, 1.807) is 10.6 Å². The summed E-state index contributed by atoms with van der Waals surface area (Å²) in [7, 11) is 0. The van der Waals surface area contributed by atoms with E-state index in [1.807, 2.05) is 37.6 Å². The normalized spacial score (nSPS) is 16.1. The van der Waals surface area contributed by atoms with Gasteiger partial charge in [0.15, 0.2) is 5.65 Å². The standard InChI is InChI=1S/C22H24FN7/c1-15(16-3-2-4-18(23)11-16)27-21-7-10-29-22(28-21)20(13-26-29)17-12-25-30(14-17)19-5-8-24-9-6-19/h2-4,7,10-15,19,24H,5-6,8-9H2,1H3,(H,27,28)/t15-/m1/s1. The molecule has 1 atom stereocenters. The van der Waals surface area contributed by atoms with Crippen molar-refractivity contribution in [2.24, 2.45) is 0 Å². The molecule has 1 aromatic carbocycles. The number of aromatic nitrogens is 5. The van der Waals surface area contributed by atoms with Crippen LogP contribution in [0.4, 0.5) is 10.2 Å². The zero-order valence-corrected chi connectivity index (χ0v) is 16.8. The number of fused-ring (bicyclic) bond motifs is 1. The molecule has 1 aliphatic heterocycles. The fourth-order valence-electron chi connectivity index (χ4n) is 3.98. The molecule has 2 N–H and O–H groups in total. The van der Waals surface area contributed by atoms with Gasteiger partial charge in [-0.2, -0.15) is 10.2 Å². The maximum absolute atomic E-state index is 13.5. The third-order valence-electron chi connectivity index (χ3n) is 5.68. The molecule has 0 bridgehead atoms. The maximum Gasteiger partial charge on any atom is 0.165 e. The molecule has 0 unspecified atom stereocenters. The molecule has 7 nitrogen and oxygen atoms in total. The summed E-state index contributed by atoms with van der Waals surface area (Å²) in [5.74, 6) is 0.472. The van der Waals surface area contributed by atoms with Crippen LogP contribution in [0.25, 0.3) is 16.8 Å². The van der Waals surface area contributed by atoms with Gasteiger partial charge < -0.3 is 10.6 Å². The number of hydrogen-bond donors (Lipinski definition) is 2. The van der Waals surface area contributed by atoms with Crippen molar-refractivity contribution in [2.75, 3.05) is 18.4 Å². The molecular formula is C22H24FN7. The summed E-state index contributed by atoms with van der Waals surface area (Å²) in [5.41, 5.74) is 3.58. The first-order valence-electron chi connectivity index (χ1n) is 10.3. The number of benzene rings is 1. The van der Waals surface area contributed by atoms with E-state index in [1.165, 1.54) is 12.1 Å². The highest BCUT2D eigenvalue weighted by atomic mass is 19.1. The number of anilines is 1. The Hall–Kier alpha value is -3.26. The van der Waals surface area contributed by atoms with Gasteiger partial charge in [-0.1, -0.05) is 12.1 Å². The predicted octanol–water partition coefficient (Wildman–Crippen LogP) is 3.83. The van der Waals surface area contributed by atoms with Crippen molar-refractivity contribution in [1.29, 1.82) is 0 Å². The van der Waals surface area contributed by atoms with Gasteiger partial charge in [-0.15, -0.1) is 0 Å². The number of piperidine rings is 1. The highest BCUT2D eigenvalue weighted by molar-refractivity contribution is 5.76. The summed E-state index contributed by atoms with van der Waals surface area (Å²) >= 11 is 0. The van der Waals surface area contributed by atoms with Gasteiger partial charge in [-0.3, -0.25) is 4.68 Å². The van der Waals surface area contributed by atoms with Gasteiger partial charge in [-0.25, -0.2) is 13.9 Å². The van der Waals surface area contributed by atoms with E-state index < -0.39 is 0 Å². The third kappa shape index (κ3) is 3.66. The first-order valence-corrected chi connectivity index (χ1v) is 10.3. The zero-order chi connectivity index (χ0) is 20.5. The van der Waals surface area contributed by atoms with E-state index >= 15 is 0 Å². The Morgan fingerprint density at radius 2 is 2.03 bits per heavy atom. The smallest absolute Gasteiger partial charge is 0.165 e. The average Bonchev–Trinajstić information content (AvgIpc) is 3.41. The van der Waals surface area contributed by atoms with E-state index in [0.29, 0.717) is 11.9 Å². The van der Waals surface area contributed by atoms with E-state index in [2.05, 4.69) is 31.7 Å². The van der Waals surface area contributed by atoms with Gasteiger partial charge >= 0.3 is 0 Å². The Kier molecular flexibility index (Phi) is 4.92. The fraction of sp³-hybridized carbons (Fsp3) is 0.318. The van der Waals surface area contributed by atoms with Crippen LogP contribution in [0.1, 0.15) is 37.4 Å². The number of hydrogen-bond acceptors (Lipinski definition) is 5. The fourth-order valence-corrected chi connectivity index (χ4v) is 3.98. The van der Waals surface area contributed by atoms with Crippen LogP contribution in [0.15, 0.2) is 55.1 Å². The SMILES string of the molecule is C[C@@H](Nc1ccn2ncc(-c3cnn(C4CCNCC4)c3)c2n1)c1cccc(F)c1. The highest BCUT2D eigenvalue weighted by Gasteiger charge is 2.18. The van der Waals surface area contributed by atoms with Gasteiger partial charge in [0, 0.05) is 23.5 Å². The molecule has 4 heterocycles. The Labute approximate surface area is 173 Å². The average molecular weight is 405 g/mol. The van der Waals surface area contributed by atoms with Crippen LogP contribution in [0.2, 0.25) is 0 Å². The number of rotatable bonds is 5. The van der Waals surface area contributed by atoms with Crippen molar-refractivity contribution >= 4 is 11.5 Å². The van der Waals surface area contributed by atoms with E-state index in [0.717, 1.165) is 48.3 Å². The van der Waals surface area contributed by atoms with Gasteiger partial charge in [0.05, 0.1) is 24.5 Å². The molecule has 154 valence electrons. The molecule has 0 spiro atoms. The molecule has 3 aromatic heterocycles. The summed E-state index contributed by atoms with van der Waals surface area (Å²) in [4.78, 5) is 4.77. The Morgan fingerprint density at radius 3 is 2.87 bits per heavy atom. The van der Waals surface area contributed by atoms with Crippen LogP contribution in [0.3, 0.4) is 0 Å². The van der Waals surface area contributed by atoms with Crippen molar-refractivity contribution in [2.45, 2.75) is 31.8 Å². The van der Waals surface area contributed by atoms with Crippen LogP contribution >= 0.6 is 0 Å². The Balaban J connectivity index is 1.41. The molecule has 5 rings (SSSR count). The molecule has 1 saturated heterocycles. The maximum atomic E-state index is 13.5. The van der Waals surface area contributed by atoms with Gasteiger partial charge in [0.1, 0.15) is 11.6 Å². The zero-order valence-electron chi connectivity index (χ0n) is 16.8. The molecule has 0 saturated carbocycles.